The molecule has 0 aromatic heterocycles. The van der Waals surface area contributed by atoms with Gasteiger partial charge in [0.25, 0.3) is 0 Å². The summed E-state index contributed by atoms with van der Waals surface area (Å²) < 4.78 is 5.97. The molecule has 5 atom stereocenters. The molecule has 1 heteroatoms. The van der Waals surface area contributed by atoms with E-state index in [0.29, 0.717) is 17.9 Å². The molecule has 15 heavy (non-hydrogen) atoms. The zero-order chi connectivity index (χ0) is 11.0. The van der Waals surface area contributed by atoms with Crippen LogP contribution in [0.1, 0.15) is 27.7 Å². The minimum atomic E-state index is 0.310. The summed E-state index contributed by atoms with van der Waals surface area (Å²) in [7, 11) is 0. The van der Waals surface area contributed by atoms with E-state index in [1.54, 1.807) is 0 Å². The quantitative estimate of drug-likeness (QED) is 0.597. The maximum Gasteiger partial charge on any atom is 0.0823 e. The van der Waals surface area contributed by atoms with Crippen LogP contribution in [0.25, 0.3) is 0 Å². The summed E-state index contributed by atoms with van der Waals surface area (Å²) in [6.45, 7) is 9.98. The minimum Gasteiger partial charge on any atom is -0.373 e. The highest BCUT2D eigenvalue weighted by Crippen LogP contribution is 2.44. The lowest BCUT2D eigenvalue weighted by molar-refractivity contribution is -0.0687. The SMILES string of the molecule is C/C=C\C1OCC2C(C)C=C(C)C1C2C. The Morgan fingerprint density at radius 2 is 2.13 bits per heavy atom. The predicted octanol–water partition coefficient (Wildman–Crippen LogP) is 3.43. The Morgan fingerprint density at radius 3 is 2.80 bits per heavy atom. The van der Waals surface area contributed by atoms with Crippen LogP contribution < -0.4 is 0 Å². The number of hydrogen-bond donors (Lipinski definition) is 0. The molecule has 0 aromatic carbocycles. The molecule has 2 bridgehead atoms. The Kier molecular flexibility index (Phi) is 3.01. The van der Waals surface area contributed by atoms with Crippen molar-refractivity contribution in [1.29, 1.82) is 0 Å². The zero-order valence-electron chi connectivity index (χ0n) is 10.2. The van der Waals surface area contributed by atoms with E-state index in [9.17, 15) is 0 Å². The number of ether oxygens (including phenoxy) is 1. The lowest BCUT2D eigenvalue weighted by Gasteiger charge is -2.46. The van der Waals surface area contributed by atoms with Crippen molar-refractivity contribution in [2.24, 2.45) is 23.7 Å². The maximum absolute atomic E-state index is 5.97. The number of hydrogen-bond acceptors (Lipinski definition) is 1. The van der Waals surface area contributed by atoms with E-state index in [1.165, 1.54) is 5.57 Å². The van der Waals surface area contributed by atoms with Gasteiger partial charge >= 0.3 is 0 Å². The monoisotopic (exact) mass is 206 g/mol. The summed E-state index contributed by atoms with van der Waals surface area (Å²) in [6, 6.07) is 0. The molecule has 5 unspecified atom stereocenters. The molecule has 0 aromatic rings. The van der Waals surface area contributed by atoms with Crippen molar-refractivity contribution in [2.75, 3.05) is 6.61 Å². The predicted molar refractivity (Wildman–Crippen MR) is 63.6 cm³/mol. The van der Waals surface area contributed by atoms with E-state index >= 15 is 0 Å². The summed E-state index contributed by atoms with van der Waals surface area (Å²) in [5, 5.41) is 0. The van der Waals surface area contributed by atoms with E-state index in [0.717, 1.165) is 18.4 Å². The smallest absolute Gasteiger partial charge is 0.0823 e. The molecule has 1 saturated heterocycles. The number of fused-ring (bicyclic) bond motifs is 2. The van der Waals surface area contributed by atoms with Gasteiger partial charge in [-0.1, -0.05) is 37.6 Å². The van der Waals surface area contributed by atoms with E-state index < -0.39 is 0 Å². The molecule has 1 aliphatic heterocycles. The lowest BCUT2D eigenvalue weighted by Crippen LogP contribution is -2.45. The number of rotatable bonds is 1. The largest absolute Gasteiger partial charge is 0.373 e. The third kappa shape index (κ3) is 1.78. The first-order valence-electron chi connectivity index (χ1n) is 6.08. The van der Waals surface area contributed by atoms with Gasteiger partial charge in [0.2, 0.25) is 0 Å². The Balaban J connectivity index is 2.29. The van der Waals surface area contributed by atoms with Crippen LogP contribution >= 0.6 is 0 Å². The topological polar surface area (TPSA) is 9.23 Å². The molecule has 0 saturated carbocycles. The van der Waals surface area contributed by atoms with Crippen LogP contribution in [-0.2, 0) is 4.74 Å². The van der Waals surface area contributed by atoms with Crippen molar-refractivity contribution < 1.29 is 4.74 Å². The molecular weight excluding hydrogens is 184 g/mol. The summed E-state index contributed by atoms with van der Waals surface area (Å²) in [5.41, 5.74) is 1.52. The average molecular weight is 206 g/mol. The van der Waals surface area contributed by atoms with Gasteiger partial charge in [-0.3, -0.25) is 0 Å². The van der Waals surface area contributed by atoms with Crippen LogP contribution in [0.15, 0.2) is 23.8 Å². The van der Waals surface area contributed by atoms with Crippen molar-refractivity contribution in [3.8, 4) is 0 Å². The first kappa shape index (κ1) is 10.9. The normalized spacial score (nSPS) is 45.6. The molecule has 0 N–H and O–H groups in total. The van der Waals surface area contributed by atoms with Gasteiger partial charge in [0.05, 0.1) is 12.7 Å². The second kappa shape index (κ2) is 4.13. The third-order valence-electron chi connectivity index (χ3n) is 4.19. The molecule has 1 aliphatic carbocycles. The van der Waals surface area contributed by atoms with E-state index in [-0.39, 0.29) is 0 Å². The Hall–Kier alpha value is -0.560. The van der Waals surface area contributed by atoms with Crippen molar-refractivity contribution >= 4 is 0 Å². The third-order valence-corrected chi connectivity index (χ3v) is 4.19. The standard InChI is InChI=1S/C14H22O/c1-5-6-13-14-10(3)7-9(2)12(8-15-13)11(14)4/h5-7,9,11-14H,8H2,1-4H3/b6-5-. The van der Waals surface area contributed by atoms with Crippen LogP contribution in [0.4, 0.5) is 0 Å². The van der Waals surface area contributed by atoms with E-state index in [4.69, 9.17) is 4.74 Å². The molecule has 0 amide bonds. The van der Waals surface area contributed by atoms with E-state index in [1.807, 2.05) is 0 Å². The molecule has 1 heterocycles. The van der Waals surface area contributed by atoms with Crippen molar-refractivity contribution in [3.05, 3.63) is 23.8 Å². The van der Waals surface area contributed by atoms with Gasteiger partial charge in [-0.25, -0.2) is 0 Å². The van der Waals surface area contributed by atoms with Crippen LogP contribution in [0, 0.1) is 23.7 Å². The molecule has 0 spiro atoms. The highest BCUT2D eigenvalue weighted by atomic mass is 16.5. The second-order valence-corrected chi connectivity index (χ2v) is 5.14. The highest BCUT2D eigenvalue weighted by molar-refractivity contribution is 5.19. The zero-order valence-corrected chi connectivity index (χ0v) is 10.2. The molecule has 84 valence electrons. The van der Waals surface area contributed by atoms with Gasteiger partial charge < -0.3 is 4.74 Å². The Labute approximate surface area is 93.2 Å². The highest BCUT2D eigenvalue weighted by Gasteiger charge is 2.42. The fourth-order valence-corrected chi connectivity index (χ4v) is 3.36. The Bertz CT molecular complexity index is 290. The first-order valence-corrected chi connectivity index (χ1v) is 6.08. The van der Waals surface area contributed by atoms with Crippen molar-refractivity contribution in [1.82, 2.24) is 0 Å². The van der Waals surface area contributed by atoms with Crippen LogP contribution in [-0.4, -0.2) is 12.7 Å². The molecule has 2 aliphatic rings. The summed E-state index contributed by atoms with van der Waals surface area (Å²) in [4.78, 5) is 0. The minimum absolute atomic E-state index is 0.310. The van der Waals surface area contributed by atoms with Gasteiger partial charge in [-0.15, -0.1) is 0 Å². The fourth-order valence-electron chi connectivity index (χ4n) is 3.36. The van der Waals surface area contributed by atoms with Crippen molar-refractivity contribution in [2.45, 2.75) is 33.8 Å². The van der Waals surface area contributed by atoms with Gasteiger partial charge in [0.1, 0.15) is 0 Å². The summed E-state index contributed by atoms with van der Waals surface area (Å²) >= 11 is 0. The first-order chi connectivity index (χ1) is 7.15. The molecule has 0 radical (unpaired) electrons. The summed E-state index contributed by atoms with van der Waals surface area (Å²) in [5.74, 6) is 2.78. The fraction of sp³-hybridized carbons (Fsp3) is 0.714. The summed E-state index contributed by atoms with van der Waals surface area (Å²) in [6.07, 6.45) is 7.09. The number of allylic oxidation sites excluding steroid dienone is 2. The molecule has 1 nitrogen and oxygen atoms in total. The van der Waals surface area contributed by atoms with Gasteiger partial charge in [-0.2, -0.15) is 0 Å². The Morgan fingerprint density at radius 1 is 1.40 bits per heavy atom. The van der Waals surface area contributed by atoms with Gasteiger partial charge in [-0.05, 0) is 31.6 Å². The molecule has 2 rings (SSSR count). The van der Waals surface area contributed by atoms with Crippen LogP contribution in [0.5, 0.6) is 0 Å². The molecular formula is C14H22O. The van der Waals surface area contributed by atoms with Gasteiger partial charge in [0, 0.05) is 5.92 Å². The molecule has 1 fully saturated rings. The van der Waals surface area contributed by atoms with Crippen molar-refractivity contribution in [3.63, 3.8) is 0 Å². The average Bonchev–Trinajstić information content (AvgIpc) is 2.15. The van der Waals surface area contributed by atoms with E-state index in [2.05, 4.69) is 45.9 Å². The maximum atomic E-state index is 5.97. The lowest BCUT2D eigenvalue weighted by atomic mass is 9.65. The van der Waals surface area contributed by atoms with Crippen LogP contribution in [0.3, 0.4) is 0 Å². The second-order valence-electron chi connectivity index (χ2n) is 5.14. The van der Waals surface area contributed by atoms with Crippen LogP contribution in [0.2, 0.25) is 0 Å². The van der Waals surface area contributed by atoms with Gasteiger partial charge in [0.15, 0.2) is 0 Å².